The number of aromatic nitrogens is 8. The smallest absolute Gasteiger partial charge is 0.0963 e. The van der Waals surface area contributed by atoms with Crippen LogP contribution < -0.4 is 0 Å². The molecule has 16 aromatic rings. The molecule has 384 valence electrons. The lowest BCUT2D eigenvalue weighted by molar-refractivity contribution is 0.275. The molecule has 0 radical (unpaired) electrons. The molecule has 8 nitrogen and oxygen atoms in total. The Labute approximate surface area is 467 Å². The van der Waals surface area contributed by atoms with Crippen molar-refractivity contribution in [2.24, 2.45) is 5.41 Å². The third kappa shape index (κ3) is 7.82. The fourth-order valence-electron chi connectivity index (χ4n) is 13.4. The minimum absolute atomic E-state index is 0.285. The molecular formula is C73H52N8. The molecule has 0 saturated heterocycles. The van der Waals surface area contributed by atoms with Crippen molar-refractivity contribution < 1.29 is 0 Å². The van der Waals surface area contributed by atoms with E-state index >= 15 is 0 Å². The summed E-state index contributed by atoms with van der Waals surface area (Å²) in [5.41, 5.74) is 22.4. The fourth-order valence-corrected chi connectivity index (χ4v) is 13.4. The van der Waals surface area contributed by atoms with E-state index in [1.54, 1.807) is 0 Å². The number of hydrogen-bond donors (Lipinski definition) is 0. The molecular weight excluding hydrogens is 989 g/mol. The van der Waals surface area contributed by atoms with Crippen LogP contribution in [0.4, 0.5) is 0 Å². The summed E-state index contributed by atoms with van der Waals surface area (Å²) in [6, 6.07) is 88.6. The molecule has 0 spiro atoms. The van der Waals surface area contributed by atoms with E-state index < -0.39 is 0 Å². The lowest BCUT2D eigenvalue weighted by Crippen LogP contribution is -2.32. The summed E-state index contributed by atoms with van der Waals surface area (Å²) < 4.78 is 9.42. The van der Waals surface area contributed by atoms with Gasteiger partial charge in [-0.05, 0) is 175 Å². The topological polar surface area (TPSA) is 71.3 Å². The molecule has 0 bridgehead atoms. The Balaban J connectivity index is 0.834. The Kier molecular flexibility index (Phi) is 10.9. The van der Waals surface area contributed by atoms with Crippen LogP contribution in [-0.4, -0.2) is 38.2 Å². The van der Waals surface area contributed by atoms with E-state index in [0.29, 0.717) is 0 Å². The molecule has 8 aromatic heterocycles. The van der Waals surface area contributed by atoms with Gasteiger partial charge in [0, 0.05) is 69.1 Å². The van der Waals surface area contributed by atoms with Crippen LogP contribution in [0.5, 0.6) is 0 Å². The van der Waals surface area contributed by atoms with Crippen LogP contribution in [0, 0.1) is 5.41 Å². The standard InChI is InChI=1S/C73H52N8/c1-5-17-61-57(13-1)69-65(21-9-41-74-69)78(61)53-33-25-49(26-34-53)45-73(46-50-27-35-54(36-28-50)79-62-18-6-2-14-58(62)70-66(79)22-10-42-75-70,47-51-29-37-55(38-30-51)80-63-19-7-3-15-59(63)71-67(80)23-11-43-76-71)48-52-31-39-56(40-32-52)81-64-20-8-4-16-60(64)72-68(81)24-12-44-77-72/h1-44H,45-48H2. The maximum absolute atomic E-state index is 4.85. The number of benzene rings is 8. The zero-order chi connectivity index (χ0) is 53.4. The predicted molar refractivity (Wildman–Crippen MR) is 332 cm³/mol. The number of rotatable bonds is 12. The van der Waals surface area contributed by atoms with E-state index in [0.717, 1.165) is 136 Å². The second kappa shape index (κ2) is 18.9. The van der Waals surface area contributed by atoms with E-state index in [9.17, 15) is 0 Å². The number of pyridine rings is 4. The highest BCUT2D eigenvalue weighted by molar-refractivity contribution is 6.09. The maximum Gasteiger partial charge on any atom is 0.0963 e. The highest BCUT2D eigenvalue weighted by Crippen LogP contribution is 2.40. The molecule has 16 rings (SSSR count). The summed E-state index contributed by atoms with van der Waals surface area (Å²) in [6.45, 7) is 0. The van der Waals surface area contributed by atoms with Gasteiger partial charge in [-0.2, -0.15) is 0 Å². The quantitative estimate of drug-likeness (QED) is 0.122. The summed E-state index contributed by atoms with van der Waals surface area (Å²) >= 11 is 0. The van der Waals surface area contributed by atoms with Crippen molar-refractivity contribution in [1.29, 1.82) is 0 Å². The molecule has 81 heavy (non-hydrogen) atoms. The van der Waals surface area contributed by atoms with Crippen LogP contribution in [0.3, 0.4) is 0 Å². The Morgan fingerprint density at radius 1 is 0.222 bits per heavy atom. The molecule has 0 atom stereocenters. The SMILES string of the molecule is c1ccc2c(c1)c1ncccc1n2-c1ccc(CC(Cc2ccc(-n3c4ccccc4c4ncccc43)cc2)(Cc2ccc(-n3c4ccccc4c4ncccc43)cc2)Cc2ccc(-n3c4ccccc4c4ncccc43)cc2)cc1. The van der Waals surface area contributed by atoms with Crippen molar-refractivity contribution in [3.8, 4) is 22.7 Å². The molecule has 8 aromatic carbocycles. The van der Waals surface area contributed by atoms with E-state index in [1.807, 2.05) is 49.1 Å². The molecule has 0 fully saturated rings. The fraction of sp³-hybridized carbons (Fsp3) is 0.0685. The Bertz CT molecular complexity index is 4190. The maximum atomic E-state index is 4.85. The minimum Gasteiger partial charge on any atom is -0.308 e. The van der Waals surface area contributed by atoms with E-state index in [2.05, 4.69) is 237 Å². The van der Waals surface area contributed by atoms with Crippen molar-refractivity contribution in [2.45, 2.75) is 25.7 Å². The van der Waals surface area contributed by atoms with Gasteiger partial charge in [-0.1, -0.05) is 121 Å². The van der Waals surface area contributed by atoms with E-state index in [4.69, 9.17) is 19.9 Å². The van der Waals surface area contributed by atoms with Crippen molar-refractivity contribution in [3.63, 3.8) is 0 Å². The molecule has 8 heteroatoms. The largest absolute Gasteiger partial charge is 0.308 e. The molecule has 0 N–H and O–H groups in total. The van der Waals surface area contributed by atoms with E-state index in [1.165, 1.54) is 22.3 Å². The number of nitrogens with zero attached hydrogens (tertiary/aromatic N) is 8. The van der Waals surface area contributed by atoms with Gasteiger partial charge in [0.1, 0.15) is 0 Å². The van der Waals surface area contributed by atoms with E-state index in [-0.39, 0.29) is 5.41 Å². The number of fused-ring (bicyclic) bond motifs is 12. The monoisotopic (exact) mass is 1040 g/mol. The van der Waals surface area contributed by atoms with Gasteiger partial charge in [0.15, 0.2) is 0 Å². The Hall–Kier alpha value is -10.4. The summed E-state index contributed by atoms with van der Waals surface area (Å²) in [7, 11) is 0. The molecule has 0 aliphatic carbocycles. The van der Waals surface area contributed by atoms with Crippen molar-refractivity contribution in [2.75, 3.05) is 0 Å². The first kappa shape index (κ1) is 46.6. The van der Waals surface area contributed by atoms with Crippen LogP contribution in [0.25, 0.3) is 110 Å². The van der Waals surface area contributed by atoms with Crippen LogP contribution in [-0.2, 0) is 25.7 Å². The summed E-state index contributed by atoms with van der Waals surface area (Å²) in [5, 5.41) is 4.61. The van der Waals surface area contributed by atoms with Crippen molar-refractivity contribution >= 4 is 87.7 Å². The second-order valence-electron chi connectivity index (χ2n) is 21.8. The normalized spacial score (nSPS) is 12.1. The molecule has 0 aliphatic heterocycles. The zero-order valence-electron chi connectivity index (χ0n) is 44.3. The second-order valence-corrected chi connectivity index (χ2v) is 21.8. The molecule has 0 amide bonds. The minimum atomic E-state index is -0.285. The van der Waals surface area contributed by atoms with Gasteiger partial charge in [-0.25, -0.2) is 0 Å². The van der Waals surface area contributed by atoms with Crippen LogP contribution in [0.1, 0.15) is 22.3 Å². The first-order valence-corrected chi connectivity index (χ1v) is 27.9. The van der Waals surface area contributed by atoms with Crippen LogP contribution in [0.2, 0.25) is 0 Å². The highest BCUT2D eigenvalue weighted by Gasteiger charge is 2.33. The first-order valence-electron chi connectivity index (χ1n) is 27.9. The third-order valence-corrected chi connectivity index (χ3v) is 16.8. The van der Waals surface area contributed by atoms with Gasteiger partial charge in [-0.3, -0.25) is 19.9 Å². The Morgan fingerprint density at radius 2 is 0.432 bits per heavy atom. The zero-order valence-corrected chi connectivity index (χ0v) is 44.3. The summed E-state index contributed by atoms with van der Waals surface area (Å²) in [5.74, 6) is 0. The molecule has 0 unspecified atom stereocenters. The van der Waals surface area contributed by atoms with Gasteiger partial charge in [-0.15, -0.1) is 0 Å². The Morgan fingerprint density at radius 3 is 0.667 bits per heavy atom. The van der Waals surface area contributed by atoms with Gasteiger partial charge in [0.2, 0.25) is 0 Å². The van der Waals surface area contributed by atoms with Crippen LogP contribution >= 0.6 is 0 Å². The number of para-hydroxylation sites is 4. The van der Waals surface area contributed by atoms with Gasteiger partial charge in [0.25, 0.3) is 0 Å². The van der Waals surface area contributed by atoms with Gasteiger partial charge >= 0.3 is 0 Å². The third-order valence-electron chi connectivity index (χ3n) is 16.8. The predicted octanol–water partition coefficient (Wildman–Crippen LogP) is 16.9. The summed E-state index contributed by atoms with van der Waals surface area (Å²) in [6.07, 6.45) is 10.9. The van der Waals surface area contributed by atoms with Gasteiger partial charge in [0.05, 0.1) is 66.2 Å². The summed E-state index contributed by atoms with van der Waals surface area (Å²) in [4.78, 5) is 19.4. The number of hydrogen-bond acceptors (Lipinski definition) is 4. The van der Waals surface area contributed by atoms with Crippen molar-refractivity contribution in [3.05, 3.63) is 290 Å². The first-order chi connectivity index (χ1) is 40.1. The lowest BCUT2D eigenvalue weighted by Gasteiger charge is -2.36. The molecule has 0 aliphatic rings. The van der Waals surface area contributed by atoms with Crippen LogP contribution in [0.15, 0.2) is 267 Å². The molecule has 0 saturated carbocycles. The van der Waals surface area contributed by atoms with Gasteiger partial charge < -0.3 is 18.3 Å². The average molecular weight is 1040 g/mol. The average Bonchev–Trinajstić information content (AvgIpc) is 4.29. The highest BCUT2D eigenvalue weighted by atomic mass is 15.0. The molecule has 8 heterocycles. The van der Waals surface area contributed by atoms with Crippen molar-refractivity contribution in [1.82, 2.24) is 38.2 Å². The lowest BCUT2D eigenvalue weighted by atomic mass is 9.68.